The Balaban J connectivity index is 2.22. The SMILES string of the molecule is CN1COc2cc(O[Si](C)(C)C(C)(C)C)ccc21. The van der Waals surface area contributed by atoms with E-state index in [2.05, 4.69) is 44.8 Å². The van der Waals surface area contributed by atoms with Gasteiger partial charge in [-0.3, -0.25) is 0 Å². The molecule has 0 aliphatic carbocycles. The van der Waals surface area contributed by atoms with Gasteiger partial charge in [0.25, 0.3) is 0 Å². The van der Waals surface area contributed by atoms with E-state index in [4.69, 9.17) is 9.16 Å². The molecule has 0 unspecified atom stereocenters. The fraction of sp³-hybridized carbons (Fsp3) is 0.571. The van der Waals surface area contributed by atoms with Crippen molar-refractivity contribution in [3.05, 3.63) is 18.2 Å². The molecule has 1 aliphatic rings. The number of nitrogens with zero attached hydrogens (tertiary/aromatic N) is 1. The van der Waals surface area contributed by atoms with E-state index in [1.54, 1.807) is 0 Å². The van der Waals surface area contributed by atoms with Gasteiger partial charge in [0, 0.05) is 13.1 Å². The van der Waals surface area contributed by atoms with Gasteiger partial charge in [-0.25, -0.2) is 0 Å². The van der Waals surface area contributed by atoms with Crippen LogP contribution >= 0.6 is 0 Å². The van der Waals surface area contributed by atoms with E-state index >= 15 is 0 Å². The van der Waals surface area contributed by atoms with Crippen LogP contribution in [0, 0.1) is 0 Å². The van der Waals surface area contributed by atoms with Gasteiger partial charge in [0.05, 0.1) is 5.69 Å². The van der Waals surface area contributed by atoms with Gasteiger partial charge in [0.2, 0.25) is 8.32 Å². The first-order valence-electron chi connectivity index (χ1n) is 6.38. The van der Waals surface area contributed by atoms with E-state index < -0.39 is 8.32 Å². The summed E-state index contributed by atoms with van der Waals surface area (Å²) >= 11 is 0. The van der Waals surface area contributed by atoms with Gasteiger partial charge in [-0.15, -0.1) is 0 Å². The molecule has 1 aliphatic heterocycles. The Morgan fingerprint density at radius 2 is 1.94 bits per heavy atom. The van der Waals surface area contributed by atoms with Crippen LogP contribution in [0.2, 0.25) is 18.1 Å². The number of fused-ring (bicyclic) bond motifs is 1. The predicted molar refractivity (Wildman–Crippen MR) is 78.2 cm³/mol. The highest BCUT2D eigenvalue weighted by atomic mass is 28.4. The zero-order valence-electron chi connectivity index (χ0n) is 12.2. The highest BCUT2D eigenvalue weighted by molar-refractivity contribution is 6.74. The minimum absolute atomic E-state index is 0.212. The lowest BCUT2D eigenvalue weighted by Crippen LogP contribution is -2.43. The van der Waals surface area contributed by atoms with Gasteiger partial charge < -0.3 is 14.1 Å². The summed E-state index contributed by atoms with van der Waals surface area (Å²) < 4.78 is 11.9. The summed E-state index contributed by atoms with van der Waals surface area (Å²) in [6, 6.07) is 6.13. The first kappa shape index (κ1) is 13.3. The van der Waals surface area contributed by atoms with Crippen LogP contribution in [0.3, 0.4) is 0 Å². The summed E-state index contributed by atoms with van der Waals surface area (Å²) in [5, 5.41) is 0.212. The molecular formula is C14H23NO2Si. The molecule has 0 saturated carbocycles. The van der Waals surface area contributed by atoms with Crippen LogP contribution in [0.5, 0.6) is 11.5 Å². The minimum atomic E-state index is -1.76. The van der Waals surface area contributed by atoms with Crippen molar-refractivity contribution in [2.75, 3.05) is 18.7 Å². The van der Waals surface area contributed by atoms with Gasteiger partial charge in [-0.05, 0) is 30.3 Å². The second kappa shape index (κ2) is 4.19. The lowest BCUT2D eigenvalue weighted by Gasteiger charge is -2.36. The molecule has 1 heterocycles. The van der Waals surface area contributed by atoms with E-state index in [1.165, 1.54) is 0 Å². The van der Waals surface area contributed by atoms with Crippen LogP contribution in [-0.4, -0.2) is 22.1 Å². The first-order valence-corrected chi connectivity index (χ1v) is 9.28. The molecule has 0 radical (unpaired) electrons. The number of rotatable bonds is 2. The van der Waals surface area contributed by atoms with Gasteiger partial charge in [0.1, 0.15) is 11.5 Å². The lowest BCUT2D eigenvalue weighted by atomic mass is 10.2. The van der Waals surface area contributed by atoms with E-state index in [9.17, 15) is 0 Å². The largest absolute Gasteiger partial charge is 0.543 e. The van der Waals surface area contributed by atoms with Gasteiger partial charge in [-0.2, -0.15) is 0 Å². The third-order valence-electron chi connectivity index (χ3n) is 3.94. The first-order chi connectivity index (χ1) is 8.21. The average Bonchev–Trinajstić information content (AvgIpc) is 2.58. The Labute approximate surface area is 111 Å². The van der Waals surface area contributed by atoms with Crippen LogP contribution in [0.1, 0.15) is 20.8 Å². The molecule has 0 bridgehead atoms. The molecular weight excluding hydrogens is 242 g/mol. The number of hydrogen-bond donors (Lipinski definition) is 0. The van der Waals surface area contributed by atoms with Gasteiger partial charge in [-0.1, -0.05) is 20.8 Å². The van der Waals surface area contributed by atoms with Crippen molar-refractivity contribution < 1.29 is 9.16 Å². The van der Waals surface area contributed by atoms with E-state index in [1.807, 2.05) is 19.2 Å². The van der Waals surface area contributed by atoms with Crippen LogP contribution in [0.25, 0.3) is 0 Å². The minimum Gasteiger partial charge on any atom is -0.543 e. The molecule has 0 atom stereocenters. The summed E-state index contributed by atoms with van der Waals surface area (Å²) in [6.45, 7) is 11.9. The molecule has 0 N–H and O–H groups in total. The average molecular weight is 265 g/mol. The molecule has 1 aromatic rings. The van der Waals surface area contributed by atoms with Crippen LogP contribution < -0.4 is 14.1 Å². The Morgan fingerprint density at radius 3 is 2.56 bits per heavy atom. The fourth-order valence-corrected chi connectivity index (χ4v) is 2.69. The Hall–Kier alpha value is -1.16. The summed E-state index contributed by atoms with van der Waals surface area (Å²) in [7, 11) is 0.263. The number of hydrogen-bond acceptors (Lipinski definition) is 3. The van der Waals surface area contributed by atoms with Crippen molar-refractivity contribution in [3.63, 3.8) is 0 Å². The zero-order chi connectivity index (χ0) is 13.6. The quantitative estimate of drug-likeness (QED) is 0.758. The lowest BCUT2D eigenvalue weighted by molar-refractivity contribution is 0.352. The molecule has 0 spiro atoms. The maximum absolute atomic E-state index is 6.27. The second-order valence-electron chi connectivity index (χ2n) is 6.46. The highest BCUT2D eigenvalue weighted by Crippen LogP contribution is 2.40. The molecule has 100 valence electrons. The highest BCUT2D eigenvalue weighted by Gasteiger charge is 2.39. The third-order valence-corrected chi connectivity index (χ3v) is 8.29. The molecule has 0 saturated heterocycles. The Kier molecular flexibility index (Phi) is 3.09. The summed E-state index contributed by atoms with van der Waals surface area (Å²) in [5.74, 6) is 1.85. The molecule has 0 fully saturated rings. The maximum Gasteiger partial charge on any atom is 0.250 e. The van der Waals surface area contributed by atoms with Gasteiger partial charge in [0.15, 0.2) is 6.73 Å². The van der Waals surface area contributed by atoms with Crippen molar-refractivity contribution in [2.24, 2.45) is 0 Å². The predicted octanol–water partition coefficient (Wildman–Crippen LogP) is 3.86. The van der Waals surface area contributed by atoms with Crippen LogP contribution in [0.4, 0.5) is 5.69 Å². The summed E-state index contributed by atoms with van der Waals surface area (Å²) in [4.78, 5) is 2.09. The number of anilines is 1. The fourth-order valence-electron chi connectivity index (χ4n) is 1.67. The third kappa shape index (κ3) is 2.34. The maximum atomic E-state index is 6.27. The smallest absolute Gasteiger partial charge is 0.250 e. The summed E-state index contributed by atoms with van der Waals surface area (Å²) in [6.07, 6.45) is 0. The molecule has 0 amide bonds. The van der Waals surface area contributed by atoms with Crippen molar-refractivity contribution >= 4 is 14.0 Å². The summed E-state index contributed by atoms with van der Waals surface area (Å²) in [5.41, 5.74) is 1.14. The monoisotopic (exact) mass is 265 g/mol. The molecule has 0 aromatic heterocycles. The molecule has 3 nitrogen and oxygen atoms in total. The number of benzene rings is 1. The Morgan fingerprint density at radius 1 is 1.28 bits per heavy atom. The second-order valence-corrected chi connectivity index (χ2v) is 11.2. The zero-order valence-corrected chi connectivity index (χ0v) is 13.2. The van der Waals surface area contributed by atoms with Crippen molar-refractivity contribution in [1.82, 2.24) is 0 Å². The molecule has 1 aromatic carbocycles. The molecule has 4 heteroatoms. The normalized spacial score (nSPS) is 15.3. The number of ether oxygens (including phenoxy) is 1. The topological polar surface area (TPSA) is 21.7 Å². The van der Waals surface area contributed by atoms with Crippen molar-refractivity contribution in [2.45, 2.75) is 38.9 Å². The van der Waals surface area contributed by atoms with Crippen LogP contribution in [-0.2, 0) is 0 Å². The van der Waals surface area contributed by atoms with E-state index in [0.717, 1.165) is 17.2 Å². The van der Waals surface area contributed by atoms with E-state index in [0.29, 0.717) is 6.73 Å². The standard InChI is InChI=1S/C14H23NO2Si/c1-14(2,3)18(5,6)17-11-7-8-12-13(9-11)16-10-15(12)4/h7-9H,10H2,1-6H3. The van der Waals surface area contributed by atoms with Crippen molar-refractivity contribution in [1.29, 1.82) is 0 Å². The molecule has 18 heavy (non-hydrogen) atoms. The Bertz CT molecular complexity index is 452. The van der Waals surface area contributed by atoms with E-state index in [-0.39, 0.29) is 5.04 Å². The molecule has 2 rings (SSSR count). The van der Waals surface area contributed by atoms with Crippen LogP contribution in [0.15, 0.2) is 18.2 Å². The van der Waals surface area contributed by atoms with Gasteiger partial charge >= 0.3 is 0 Å². The van der Waals surface area contributed by atoms with Crippen molar-refractivity contribution in [3.8, 4) is 11.5 Å².